The van der Waals surface area contributed by atoms with Crippen molar-refractivity contribution in [2.75, 3.05) is 18.5 Å². The predicted molar refractivity (Wildman–Crippen MR) is 73.2 cm³/mol. The Labute approximate surface area is 112 Å². The lowest BCUT2D eigenvalue weighted by Gasteiger charge is -2.09. The lowest BCUT2D eigenvalue weighted by atomic mass is 10.1. The summed E-state index contributed by atoms with van der Waals surface area (Å²) < 4.78 is 4.97. The molecule has 2 rings (SSSR count). The highest BCUT2D eigenvalue weighted by Gasteiger charge is 2.27. The van der Waals surface area contributed by atoms with Crippen molar-refractivity contribution in [1.82, 2.24) is 4.98 Å². The Kier molecular flexibility index (Phi) is 4.22. The van der Waals surface area contributed by atoms with Gasteiger partial charge < -0.3 is 10.1 Å². The second-order valence-corrected chi connectivity index (χ2v) is 6.04. The van der Waals surface area contributed by atoms with Gasteiger partial charge in [0.1, 0.15) is 0 Å². The Balaban J connectivity index is 1.92. The summed E-state index contributed by atoms with van der Waals surface area (Å²) >= 11 is 1.52. The van der Waals surface area contributed by atoms with Gasteiger partial charge in [-0.2, -0.15) is 0 Å². The smallest absolute Gasteiger partial charge is 0.358 e. The molecule has 1 aromatic heterocycles. The van der Waals surface area contributed by atoms with Crippen molar-refractivity contribution in [3.05, 3.63) is 10.6 Å². The summed E-state index contributed by atoms with van der Waals surface area (Å²) in [5.41, 5.74) is 0.448. The normalized spacial score (nSPS) is 16.4. The lowest BCUT2D eigenvalue weighted by Crippen LogP contribution is -2.13. The average Bonchev–Trinajstić information content (AvgIpc) is 3.11. The number of nitrogens with one attached hydrogen (secondary N) is 1. The van der Waals surface area contributed by atoms with Crippen LogP contribution in [0.4, 0.5) is 5.13 Å². The van der Waals surface area contributed by atoms with E-state index in [2.05, 4.69) is 17.2 Å². The van der Waals surface area contributed by atoms with E-state index in [0.717, 1.165) is 22.5 Å². The van der Waals surface area contributed by atoms with Gasteiger partial charge in [-0.1, -0.05) is 6.92 Å². The number of carbonyl (C=O) groups is 1. The molecule has 1 unspecified atom stereocenters. The molecule has 1 saturated carbocycles. The van der Waals surface area contributed by atoms with Gasteiger partial charge in [0, 0.05) is 11.4 Å². The molecule has 1 heterocycles. The van der Waals surface area contributed by atoms with Crippen LogP contribution in [0.2, 0.25) is 0 Å². The van der Waals surface area contributed by atoms with Crippen LogP contribution in [0.1, 0.15) is 42.1 Å². The van der Waals surface area contributed by atoms with Gasteiger partial charge in [0.15, 0.2) is 10.8 Å². The van der Waals surface area contributed by atoms with Crippen LogP contribution < -0.4 is 5.32 Å². The standard InChI is InChI=1S/C13H20N2O2S/c1-4-17-12(16)11-9(3)18-13(15-11)14-7-8(2)10-5-6-10/h8,10H,4-7H2,1-3H3,(H,14,15). The third-order valence-electron chi connectivity index (χ3n) is 3.27. The first-order valence-electron chi connectivity index (χ1n) is 6.50. The fourth-order valence-electron chi connectivity index (χ4n) is 1.94. The van der Waals surface area contributed by atoms with E-state index in [1.165, 1.54) is 24.2 Å². The van der Waals surface area contributed by atoms with E-state index in [0.29, 0.717) is 18.2 Å². The Bertz CT molecular complexity index is 427. The maximum absolute atomic E-state index is 11.6. The first-order chi connectivity index (χ1) is 8.61. The minimum Gasteiger partial charge on any atom is -0.461 e. The Morgan fingerprint density at radius 3 is 2.94 bits per heavy atom. The number of hydrogen-bond acceptors (Lipinski definition) is 5. The molecule has 1 aliphatic carbocycles. The van der Waals surface area contributed by atoms with Gasteiger partial charge >= 0.3 is 5.97 Å². The fraction of sp³-hybridized carbons (Fsp3) is 0.692. The SMILES string of the molecule is CCOC(=O)c1nc(NCC(C)C2CC2)sc1C. The van der Waals surface area contributed by atoms with E-state index in [1.54, 1.807) is 6.92 Å². The minimum atomic E-state index is -0.324. The van der Waals surface area contributed by atoms with Crippen molar-refractivity contribution < 1.29 is 9.53 Å². The summed E-state index contributed by atoms with van der Waals surface area (Å²) in [6.07, 6.45) is 2.71. The monoisotopic (exact) mass is 268 g/mol. The van der Waals surface area contributed by atoms with Gasteiger partial charge in [0.2, 0.25) is 0 Å². The molecule has 1 atom stereocenters. The number of nitrogens with zero attached hydrogens (tertiary/aromatic N) is 1. The van der Waals surface area contributed by atoms with Crippen LogP contribution in [0.5, 0.6) is 0 Å². The largest absolute Gasteiger partial charge is 0.461 e. The van der Waals surface area contributed by atoms with Crippen molar-refractivity contribution in [1.29, 1.82) is 0 Å². The summed E-state index contributed by atoms with van der Waals surface area (Å²) in [7, 11) is 0. The van der Waals surface area contributed by atoms with E-state index in [1.807, 2.05) is 6.92 Å². The Morgan fingerprint density at radius 2 is 2.33 bits per heavy atom. The Morgan fingerprint density at radius 1 is 1.61 bits per heavy atom. The zero-order valence-electron chi connectivity index (χ0n) is 11.2. The molecule has 18 heavy (non-hydrogen) atoms. The molecular weight excluding hydrogens is 248 g/mol. The van der Waals surface area contributed by atoms with E-state index in [-0.39, 0.29) is 5.97 Å². The molecule has 1 aromatic rings. The second-order valence-electron chi connectivity index (χ2n) is 4.84. The number of ether oxygens (including phenoxy) is 1. The molecule has 0 spiro atoms. The third kappa shape index (κ3) is 3.22. The molecule has 4 nitrogen and oxygen atoms in total. The minimum absolute atomic E-state index is 0.324. The number of aromatic nitrogens is 1. The van der Waals surface area contributed by atoms with Crippen molar-refractivity contribution in [3.8, 4) is 0 Å². The third-order valence-corrected chi connectivity index (χ3v) is 4.20. The van der Waals surface area contributed by atoms with Gasteiger partial charge in [0.05, 0.1) is 6.61 Å². The molecule has 0 aromatic carbocycles. The number of hydrogen-bond donors (Lipinski definition) is 1. The van der Waals surface area contributed by atoms with Crippen molar-refractivity contribution in [2.24, 2.45) is 11.8 Å². The number of carbonyl (C=O) groups excluding carboxylic acids is 1. The second kappa shape index (κ2) is 5.69. The van der Waals surface area contributed by atoms with E-state index in [9.17, 15) is 4.79 Å². The van der Waals surface area contributed by atoms with E-state index < -0.39 is 0 Å². The summed E-state index contributed by atoms with van der Waals surface area (Å²) in [6, 6.07) is 0. The molecular formula is C13H20N2O2S. The summed E-state index contributed by atoms with van der Waals surface area (Å²) in [5, 5.41) is 4.15. The topological polar surface area (TPSA) is 51.2 Å². The fourth-order valence-corrected chi connectivity index (χ4v) is 2.75. The van der Waals surface area contributed by atoms with Crippen LogP contribution in [0.25, 0.3) is 0 Å². The van der Waals surface area contributed by atoms with E-state index in [4.69, 9.17) is 4.74 Å². The van der Waals surface area contributed by atoms with Crippen LogP contribution in [0.15, 0.2) is 0 Å². The first kappa shape index (κ1) is 13.3. The zero-order valence-corrected chi connectivity index (χ0v) is 12.0. The van der Waals surface area contributed by atoms with Crippen LogP contribution in [0.3, 0.4) is 0 Å². The van der Waals surface area contributed by atoms with E-state index >= 15 is 0 Å². The van der Waals surface area contributed by atoms with Gasteiger partial charge in [-0.3, -0.25) is 0 Å². The molecule has 0 saturated heterocycles. The van der Waals surface area contributed by atoms with Gasteiger partial charge in [-0.05, 0) is 38.5 Å². The molecule has 5 heteroatoms. The maximum atomic E-state index is 11.6. The number of esters is 1. The van der Waals surface area contributed by atoms with Crippen LogP contribution >= 0.6 is 11.3 Å². The first-order valence-corrected chi connectivity index (χ1v) is 7.31. The van der Waals surface area contributed by atoms with Gasteiger partial charge in [-0.25, -0.2) is 9.78 Å². The van der Waals surface area contributed by atoms with Crippen LogP contribution in [-0.4, -0.2) is 24.1 Å². The summed E-state index contributed by atoms with van der Waals surface area (Å²) in [5.74, 6) is 1.23. The molecule has 1 fully saturated rings. The van der Waals surface area contributed by atoms with Crippen molar-refractivity contribution in [3.63, 3.8) is 0 Å². The molecule has 0 amide bonds. The lowest BCUT2D eigenvalue weighted by molar-refractivity contribution is 0.0519. The summed E-state index contributed by atoms with van der Waals surface area (Å²) in [4.78, 5) is 16.9. The highest BCUT2D eigenvalue weighted by atomic mass is 32.1. The molecule has 1 N–H and O–H groups in total. The number of rotatable bonds is 6. The molecule has 1 aliphatic rings. The number of anilines is 1. The average molecular weight is 268 g/mol. The van der Waals surface area contributed by atoms with Gasteiger partial charge in [0.25, 0.3) is 0 Å². The van der Waals surface area contributed by atoms with Crippen molar-refractivity contribution in [2.45, 2.75) is 33.6 Å². The number of aryl methyl sites for hydroxylation is 1. The highest BCUT2D eigenvalue weighted by molar-refractivity contribution is 7.15. The predicted octanol–water partition coefficient (Wildman–Crippen LogP) is 3.09. The quantitative estimate of drug-likeness (QED) is 0.806. The number of thiazole rings is 1. The van der Waals surface area contributed by atoms with Crippen LogP contribution in [-0.2, 0) is 4.74 Å². The van der Waals surface area contributed by atoms with Crippen molar-refractivity contribution >= 4 is 22.4 Å². The molecule has 0 bridgehead atoms. The zero-order chi connectivity index (χ0) is 13.1. The molecule has 0 aliphatic heterocycles. The maximum Gasteiger partial charge on any atom is 0.358 e. The van der Waals surface area contributed by atoms with Crippen LogP contribution in [0, 0.1) is 18.8 Å². The summed E-state index contributed by atoms with van der Waals surface area (Å²) in [6.45, 7) is 7.28. The Hall–Kier alpha value is -1.10. The van der Waals surface area contributed by atoms with Gasteiger partial charge in [-0.15, -0.1) is 11.3 Å². The highest BCUT2D eigenvalue weighted by Crippen LogP contribution is 2.36. The molecule has 0 radical (unpaired) electrons. The molecule has 100 valence electrons.